The number of nitrogens with zero attached hydrogens (tertiary/aromatic N) is 2. The van der Waals surface area contributed by atoms with Gasteiger partial charge in [0.15, 0.2) is 5.78 Å². The Morgan fingerprint density at radius 3 is 2.59 bits per heavy atom. The number of aromatic nitrogens is 3. The second-order valence-corrected chi connectivity index (χ2v) is 6.92. The molecule has 1 aromatic rings. The van der Waals surface area contributed by atoms with Crippen molar-refractivity contribution in [2.45, 2.75) is 38.6 Å². The highest BCUT2D eigenvalue weighted by Crippen LogP contribution is 2.30. The Balaban J connectivity index is 0.00000131. The highest BCUT2D eigenvalue weighted by atomic mass is 35.5. The molecule has 4 N–H and O–H groups in total. The molecule has 0 amide bonds. The topological polar surface area (TPSA) is 102 Å². The average molecular weight is 389 g/mol. The molecule has 3 heterocycles. The van der Waals surface area contributed by atoms with Crippen molar-refractivity contribution in [1.29, 1.82) is 0 Å². The van der Waals surface area contributed by atoms with Crippen LogP contribution < -0.4 is 5.32 Å². The van der Waals surface area contributed by atoms with Gasteiger partial charge >= 0.3 is 0 Å². The first-order valence-electron chi connectivity index (χ1n) is 8.80. The smallest absolute Gasteiger partial charge is 0.159 e. The lowest BCUT2D eigenvalue weighted by atomic mass is 9.92. The van der Waals surface area contributed by atoms with Gasteiger partial charge in [0.2, 0.25) is 0 Å². The fraction of sp³-hybridized carbons (Fsp3) is 0.350. The maximum absolute atomic E-state index is 11.4. The summed E-state index contributed by atoms with van der Waals surface area (Å²) < 4.78 is 0. The van der Waals surface area contributed by atoms with E-state index in [1.54, 1.807) is 6.92 Å². The van der Waals surface area contributed by atoms with E-state index in [2.05, 4.69) is 33.3 Å². The van der Waals surface area contributed by atoms with E-state index in [0.29, 0.717) is 12.0 Å². The van der Waals surface area contributed by atoms with Crippen molar-refractivity contribution in [2.24, 2.45) is 0 Å². The summed E-state index contributed by atoms with van der Waals surface area (Å²) in [4.78, 5) is 24.2. The highest BCUT2D eigenvalue weighted by Gasteiger charge is 2.23. The number of piperidine rings is 1. The van der Waals surface area contributed by atoms with E-state index in [1.807, 2.05) is 30.5 Å². The summed E-state index contributed by atoms with van der Waals surface area (Å²) in [6.07, 6.45) is 4.07. The Bertz CT molecular complexity index is 878. The van der Waals surface area contributed by atoms with Gasteiger partial charge in [-0.2, -0.15) is 0 Å². The lowest BCUT2D eigenvalue weighted by Crippen LogP contribution is -2.35. The third-order valence-electron chi connectivity index (χ3n) is 4.98. The van der Waals surface area contributed by atoms with Crippen LogP contribution in [0.4, 0.5) is 0 Å². The summed E-state index contributed by atoms with van der Waals surface area (Å²) in [7, 11) is 0. The van der Waals surface area contributed by atoms with Gasteiger partial charge in [-0.3, -0.25) is 4.79 Å². The lowest BCUT2D eigenvalue weighted by molar-refractivity contribution is 0.101. The number of benzene rings is 1. The molecule has 2 atom stereocenters. The molecule has 144 valence electrons. The van der Waals surface area contributed by atoms with Crippen LogP contribution in [-0.2, 0) is 0 Å². The molecular formula is C20H25ClN4O2. The van der Waals surface area contributed by atoms with Crippen LogP contribution in [0.25, 0.3) is 22.6 Å². The zero-order valence-electron chi connectivity index (χ0n) is 15.5. The number of aromatic amines is 1. The molecule has 1 fully saturated rings. The minimum absolute atomic E-state index is 0. The van der Waals surface area contributed by atoms with Crippen molar-refractivity contribution >= 4 is 18.2 Å². The average Bonchev–Trinajstić information content (AvgIpc) is 3.05. The Morgan fingerprint density at radius 1 is 1.19 bits per heavy atom. The summed E-state index contributed by atoms with van der Waals surface area (Å²) in [5, 5.41) is 3.48. The summed E-state index contributed by atoms with van der Waals surface area (Å²) in [5.41, 5.74) is 4.51. The molecule has 7 heteroatoms. The molecule has 4 rings (SSSR count). The summed E-state index contributed by atoms with van der Waals surface area (Å²) >= 11 is 0. The first kappa shape index (κ1) is 21.0. The molecule has 0 bridgehead atoms. The summed E-state index contributed by atoms with van der Waals surface area (Å²) in [6.45, 7) is 4.83. The number of hydrogen-bond donors (Lipinski definition) is 2. The predicted molar refractivity (Wildman–Crippen MR) is 109 cm³/mol. The van der Waals surface area contributed by atoms with Gasteiger partial charge in [-0.15, -0.1) is 12.4 Å². The fourth-order valence-corrected chi connectivity index (χ4v) is 3.54. The Hall–Kier alpha value is -2.28. The van der Waals surface area contributed by atoms with Crippen molar-refractivity contribution in [3.63, 3.8) is 0 Å². The van der Waals surface area contributed by atoms with Gasteiger partial charge < -0.3 is 15.8 Å². The molecule has 6 nitrogen and oxygen atoms in total. The Kier molecular flexibility index (Phi) is 6.70. The van der Waals surface area contributed by atoms with E-state index in [-0.39, 0.29) is 23.7 Å². The number of fused-ring (bicyclic) bond motifs is 1. The standard InChI is InChI=1S/C20H22N4O.ClH.H2O/c1-12-9-16(7-8-21-12)20-22-11-19-18(24-20)10-17(23-19)15-5-3-14(4-6-15)13(2)25;;/h3-6,10-12,16,21H,7-9H2,1-2H3,(H,22,24);1H;1H2. The van der Waals surface area contributed by atoms with E-state index in [9.17, 15) is 4.79 Å². The molecule has 3 aliphatic rings. The van der Waals surface area contributed by atoms with E-state index in [4.69, 9.17) is 0 Å². The quantitative estimate of drug-likeness (QED) is 0.672. The van der Waals surface area contributed by atoms with Crippen LogP contribution in [0.2, 0.25) is 0 Å². The number of hydrogen-bond acceptors (Lipinski definition) is 4. The molecule has 0 saturated carbocycles. The molecule has 0 aliphatic carbocycles. The first-order valence-corrected chi connectivity index (χ1v) is 8.80. The van der Waals surface area contributed by atoms with Gasteiger partial charge in [0, 0.05) is 23.1 Å². The zero-order chi connectivity index (χ0) is 17.4. The molecule has 27 heavy (non-hydrogen) atoms. The van der Waals surface area contributed by atoms with Crippen molar-refractivity contribution in [3.8, 4) is 22.6 Å². The second kappa shape index (κ2) is 8.61. The Morgan fingerprint density at radius 2 is 1.93 bits per heavy atom. The summed E-state index contributed by atoms with van der Waals surface area (Å²) in [6, 6.07) is 10.2. The van der Waals surface area contributed by atoms with Crippen molar-refractivity contribution in [3.05, 3.63) is 47.9 Å². The van der Waals surface area contributed by atoms with Crippen LogP contribution in [-0.4, -0.2) is 38.8 Å². The normalized spacial score (nSPS) is 19.2. The van der Waals surface area contributed by atoms with Crippen LogP contribution in [0, 0.1) is 0 Å². The number of halogens is 1. The molecule has 1 aromatic carbocycles. The van der Waals surface area contributed by atoms with Crippen molar-refractivity contribution in [1.82, 2.24) is 20.3 Å². The molecule has 0 aromatic heterocycles. The molecule has 0 radical (unpaired) electrons. The van der Waals surface area contributed by atoms with Crippen molar-refractivity contribution < 1.29 is 10.3 Å². The first-order chi connectivity index (χ1) is 12.1. The molecule has 1 saturated heterocycles. The number of carbonyl (C=O) groups excluding carboxylic acids is 1. The van der Waals surface area contributed by atoms with Crippen LogP contribution >= 0.6 is 12.4 Å². The number of H-pyrrole nitrogens is 1. The van der Waals surface area contributed by atoms with E-state index in [1.165, 1.54) is 0 Å². The Labute approximate surface area is 164 Å². The third kappa shape index (κ3) is 4.35. The van der Waals surface area contributed by atoms with Crippen LogP contribution in [0.15, 0.2) is 36.5 Å². The maximum Gasteiger partial charge on any atom is 0.159 e. The van der Waals surface area contributed by atoms with E-state index >= 15 is 0 Å². The second-order valence-electron chi connectivity index (χ2n) is 6.92. The van der Waals surface area contributed by atoms with E-state index < -0.39 is 0 Å². The van der Waals surface area contributed by atoms with Crippen LogP contribution in [0.3, 0.4) is 0 Å². The van der Waals surface area contributed by atoms with Crippen LogP contribution in [0.5, 0.6) is 0 Å². The molecule has 3 aliphatic heterocycles. The van der Waals surface area contributed by atoms with Gasteiger partial charge in [-0.1, -0.05) is 24.3 Å². The number of rotatable bonds is 3. The van der Waals surface area contributed by atoms with Crippen LogP contribution in [0.1, 0.15) is 48.8 Å². The monoisotopic (exact) mass is 388 g/mol. The predicted octanol–water partition coefficient (Wildman–Crippen LogP) is 3.23. The number of Topliss-reactive ketones (excluding diaryl/α,β-unsaturated/α-hetero) is 1. The van der Waals surface area contributed by atoms with Gasteiger partial charge in [0.1, 0.15) is 11.5 Å². The molecular weight excluding hydrogens is 364 g/mol. The lowest BCUT2D eigenvalue weighted by Gasteiger charge is -2.27. The maximum atomic E-state index is 11.4. The molecule has 2 unspecified atom stereocenters. The van der Waals surface area contributed by atoms with Crippen molar-refractivity contribution in [2.75, 3.05) is 6.54 Å². The fourth-order valence-electron chi connectivity index (χ4n) is 3.54. The number of nitrogens with one attached hydrogen (secondary N) is 2. The van der Waals surface area contributed by atoms with Gasteiger partial charge in [0.25, 0.3) is 0 Å². The van der Waals surface area contributed by atoms with Gasteiger partial charge in [-0.25, -0.2) is 9.97 Å². The molecule has 0 spiro atoms. The van der Waals surface area contributed by atoms with E-state index in [0.717, 1.165) is 53.4 Å². The minimum atomic E-state index is 0. The zero-order valence-corrected chi connectivity index (χ0v) is 16.3. The largest absolute Gasteiger partial charge is 0.412 e. The minimum Gasteiger partial charge on any atom is -0.412 e. The number of carbonyl (C=O) groups is 1. The van der Waals surface area contributed by atoms with Gasteiger partial charge in [-0.05, 0) is 39.3 Å². The third-order valence-corrected chi connectivity index (χ3v) is 4.98. The highest BCUT2D eigenvalue weighted by molar-refractivity contribution is 5.94. The SMILES string of the molecule is CC(=O)c1ccc(-c2cc3[nH]c(C4CCNC(C)C4)ncc-3n2)cc1.Cl.O. The number of ketones is 1. The summed E-state index contributed by atoms with van der Waals surface area (Å²) in [5.74, 6) is 1.59. The van der Waals surface area contributed by atoms with Gasteiger partial charge in [0.05, 0.1) is 17.6 Å².